The van der Waals surface area contributed by atoms with Gasteiger partial charge in [0.05, 0.1) is 25.4 Å². The van der Waals surface area contributed by atoms with Crippen LogP contribution in [0.4, 0.5) is 28.8 Å². The van der Waals surface area contributed by atoms with Crippen molar-refractivity contribution < 1.29 is 19.1 Å². The highest BCUT2D eigenvalue weighted by atomic mass is 16.7. The number of ether oxygens (including phenoxy) is 2. The van der Waals surface area contributed by atoms with E-state index in [2.05, 4.69) is 38.1 Å². The molecular weight excluding hydrogens is 572 g/mol. The number of anilines is 5. The second-order valence-electron chi connectivity index (χ2n) is 10.7. The third kappa shape index (κ3) is 7.85. The lowest BCUT2D eigenvalue weighted by molar-refractivity contribution is -0.111. The van der Waals surface area contributed by atoms with Crippen LogP contribution in [0.5, 0.6) is 17.4 Å². The van der Waals surface area contributed by atoms with Crippen molar-refractivity contribution in [2.75, 3.05) is 68.5 Å². The fourth-order valence-electron chi connectivity index (χ4n) is 4.84. The molecule has 0 saturated carbocycles. The average Bonchev–Trinajstić information content (AvgIpc) is 3.55. The zero-order valence-electron chi connectivity index (χ0n) is 25.9. The second kappa shape index (κ2) is 14.5. The molecule has 234 valence electrons. The van der Waals surface area contributed by atoms with Gasteiger partial charge in [0, 0.05) is 32.6 Å². The number of nitrogens with zero attached hydrogens (tertiary/aromatic N) is 6. The standard InChI is InChI=1S/C33H38N8O4/c1-6-31(42)37-26-20-27(33(43-5)38-32(26)40(4)17-16-39(2)3)36-29-21-30(35-22-34-29)41-28(15-18-44-41)23-11-10-14-25(19-23)45-24-12-8-7-9-13-24/h6-14,19-22,28H,1,15-18H2,2-5H3,(H,37,42)(H,34,35,36)/t28-/m1/s1. The van der Waals surface area contributed by atoms with Crippen molar-refractivity contribution in [2.45, 2.75) is 12.5 Å². The lowest BCUT2D eigenvalue weighted by Gasteiger charge is -2.25. The Morgan fingerprint density at radius 3 is 2.60 bits per heavy atom. The summed E-state index contributed by atoms with van der Waals surface area (Å²) in [6, 6.07) is 21.1. The molecule has 0 aliphatic carbocycles. The van der Waals surface area contributed by atoms with Gasteiger partial charge >= 0.3 is 0 Å². The van der Waals surface area contributed by atoms with Gasteiger partial charge in [0.1, 0.15) is 29.3 Å². The Labute approximate surface area is 263 Å². The zero-order chi connectivity index (χ0) is 31.8. The maximum Gasteiger partial charge on any atom is 0.247 e. The quantitative estimate of drug-likeness (QED) is 0.189. The molecule has 3 heterocycles. The van der Waals surface area contributed by atoms with E-state index >= 15 is 0 Å². The van der Waals surface area contributed by atoms with E-state index in [1.807, 2.05) is 74.6 Å². The van der Waals surface area contributed by atoms with Gasteiger partial charge in [0.25, 0.3) is 0 Å². The number of carbonyl (C=O) groups excluding carboxylic acids is 1. The van der Waals surface area contributed by atoms with Crippen LogP contribution in [0.25, 0.3) is 0 Å². The molecule has 2 aromatic heterocycles. The molecule has 0 bridgehead atoms. The van der Waals surface area contributed by atoms with Gasteiger partial charge in [0.15, 0.2) is 11.6 Å². The molecule has 2 N–H and O–H groups in total. The van der Waals surface area contributed by atoms with E-state index in [0.29, 0.717) is 47.9 Å². The first-order valence-corrected chi connectivity index (χ1v) is 14.6. The molecule has 2 aromatic carbocycles. The summed E-state index contributed by atoms with van der Waals surface area (Å²) in [5.74, 6) is 3.13. The maximum atomic E-state index is 12.3. The van der Waals surface area contributed by atoms with Gasteiger partial charge < -0.3 is 29.9 Å². The summed E-state index contributed by atoms with van der Waals surface area (Å²) in [5.41, 5.74) is 2.05. The van der Waals surface area contributed by atoms with Crippen LogP contribution in [0.15, 0.2) is 85.7 Å². The summed E-state index contributed by atoms with van der Waals surface area (Å²) in [4.78, 5) is 36.0. The van der Waals surface area contributed by atoms with E-state index < -0.39 is 0 Å². The molecule has 12 nitrogen and oxygen atoms in total. The van der Waals surface area contributed by atoms with Gasteiger partial charge in [-0.3, -0.25) is 9.63 Å². The van der Waals surface area contributed by atoms with Gasteiger partial charge in [-0.05, 0) is 56.1 Å². The van der Waals surface area contributed by atoms with E-state index in [1.54, 1.807) is 24.3 Å². The Hall–Kier alpha value is -5.20. The van der Waals surface area contributed by atoms with Crippen molar-refractivity contribution in [1.82, 2.24) is 19.9 Å². The van der Waals surface area contributed by atoms with Gasteiger partial charge in [-0.2, -0.15) is 4.98 Å². The predicted molar refractivity (Wildman–Crippen MR) is 176 cm³/mol. The largest absolute Gasteiger partial charge is 0.479 e. The first-order chi connectivity index (χ1) is 21.8. The first kappa shape index (κ1) is 31.2. The molecule has 0 unspecified atom stereocenters. The SMILES string of the molecule is C=CC(=O)Nc1cc(Nc2cc(N3OCC[C@@H]3c3cccc(Oc4ccccc4)c3)ncn2)c(OC)nc1N(C)CCN(C)C. The molecule has 1 aliphatic rings. The summed E-state index contributed by atoms with van der Waals surface area (Å²) in [6.45, 7) is 5.59. The molecule has 45 heavy (non-hydrogen) atoms. The zero-order valence-corrected chi connectivity index (χ0v) is 25.9. The number of amides is 1. The Morgan fingerprint density at radius 1 is 1.04 bits per heavy atom. The number of carbonyl (C=O) groups is 1. The van der Waals surface area contributed by atoms with Crippen LogP contribution in [-0.2, 0) is 9.63 Å². The topological polar surface area (TPSA) is 117 Å². The van der Waals surface area contributed by atoms with Gasteiger partial charge in [-0.25, -0.2) is 15.0 Å². The third-order valence-electron chi connectivity index (χ3n) is 7.12. The van der Waals surface area contributed by atoms with Crippen LogP contribution < -0.4 is 30.1 Å². The Bertz CT molecular complexity index is 1620. The van der Waals surface area contributed by atoms with Crippen molar-refractivity contribution in [2.24, 2.45) is 0 Å². The molecule has 1 saturated heterocycles. The highest BCUT2D eigenvalue weighted by Gasteiger charge is 2.30. The first-order valence-electron chi connectivity index (χ1n) is 14.6. The monoisotopic (exact) mass is 610 g/mol. The van der Waals surface area contributed by atoms with E-state index in [-0.39, 0.29) is 11.9 Å². The van der Waals surface area contributed by atoms with E-state index in [9.17, 15) is 4.79 Å². The summed E-state index contributed by atoms with van der Waals surface area (Å²) in [7, 11) is 7.45. The number of para-hydroxylation sites is 1. The van der Waals surface area contributed by atoms with Crippen molar-refractivity contribution in [3.05, 3.63) is 91.3 Å². The molecule has 4 aromatic rings. The summed E-state index contributed by atoms with van der Waals surface area (Å²) in [6.07, 6.45) is 3.46. The molecule has 12 heteroatoms. The van der Waals surface area contributed by atoms with Crippen LogP contribution in [0, 0.1) is 0 Å². The van der Waals surface area contributed by atoms with Gasteiger partial charge in [-0.15, -0.1) is 0 Å². The van der Waals surface area contributed by atoms with E-state index in [1.165, 1.54) is 12.4 Å². The fraction of sp³-hybridized carbons (Fsp3) is 0.273. The fourth-order valence-corrected chi connectivity index (χ4v) is 4.84. The van der Waals surface area contributed by atoms with E-state index in [0.717, 1.165) is 30.0 Å². The van der Waals surface area contributed by atoms with Crippen molar-refractivity contribution in [3.8, 4) is 17.4 Å². The molecule has 5 rings (SSSR count). The molecule has 1 atom stereocenters. The number of benzene rings is 2. The number of nitrogens with one attached hydrogen (secondary N) is 2. The summed E-state index contributed by atoms with van der Waals surface area (Å²) in [5, 5.41) is 7.94. The van der Waals surface area contributed by atoms with Gasteiger partial charge in [0.2, 0.25) is 11.8 Å². The highest BCUT2D eigenvalue weighted by Crippen LogP contribution is 2.38. The smallest absolute Gasteiger partial charge is 0.247 e. The molecule has 1 fully saturated rings. The Morgan fingerprint density at radius 2 is 1.84 bits per heavy atom. The molecule has 0 radical (unpaired) electrons. The van der Waals surface area contributed by atoms with E-state index in [4.69, 9.17) is 19.3 Å². The summed E-state index contributed by atoms with van der Waals surface area (Å²) >= 11 is 0. The van der Waals surface area contributed by atoms with Crippen LogP contribution >= 0.6 is 0 Å². The molecule has 0 spiro atoms. The van der Waals surface area contributed by atoms with Crippen LogP contribution in [-0.4, -0.2) is 73.7 Å². The number of pyridine rings is 1. The number of methoxy groups -OCH3 is 1. The molecule has 1 amide bonds. The second-order valence-corrected chi connectivity index (χ2v) is 10.7. The van der Waals surface area contributed by atoms with Crippen LogP contribution in [0.2, 0.25) is 0 Å². The molecular formula is C33H38N8O4. The number of hydrogen-bond acceptors (Lipinski definition) is 11. The number of rotatable bonds is 13. The van der Waals surface area contributed by atoms with Crippen LogP contribution in [0.3, 0.4) is 0 Å². The lowest BCUT2D eigenvalue weighted by Crippen LogP contribution is -2.30. The number of likely N-dealkylation sites (N-methyl/N-ethyl adjacent to an activating group) is 2. The maximum absolute atomic E-state index is 12.3. The Kier molecular flexibility index (Phi) is 10.1. The van der Waals surface area contributed by atoms with Crippen molar-refractivity contribution in [3.63, 3.8) is 0 Å². The number of hydrogen-bond donors (Lipinski definition) is 2. The van der Waals surface area contributed by atoms with Crippen molar-refractivity contribution >= 4 is 34.7 Å². The van der Waals surface area contributed by atoms with Crippen LogP contribution in [0.1, 0.15) is 18.0 Å². The van der Waals surface area contributed by atoms with Gasteiger partial charge in [-0.1, -0.05) is 36.9 Å². The number of aromatic nitrogens is 3. The third-order valence-corrected chi connectivity index (χ3v) is 7.12. The molecule has 1 aliphatic heterocycles. The lowest BCUT2D eigenvalue weighted by atomic mass is 10.0. The normalized spacial score (nSPS) is 14.2. The minimum absolute atomic E-state index is 0.0824. The van der Waals surface area contributed by atoms with Crippen molar-refractivity contribution in [1.29, 1.82) is 0 Å². The highest BCUT2D eigenvalue weighted by molar-refractivity contribution is 6.01. The predicted octanol–water partition coefficient (Wildman–Crippen LogP) is 5.42. The average molecular weight is 611 g/mol. The minimum atomic E-state index is -0.352. The number of hydroxylamine groups is 1. The Balaban J connectivity index is 1.39. The minimum Gasteiger partial charge on any atom is -0.479 e. The summed E-state index contributed by atoms with van der Waals surface area (Å²) < 4.78 is 11.7.